The maximum atomic E-state index is 10.1. The lowest BCUT2D eigenvalue weighted by atomic mass is 10.2. The third-order valence-electron chi connectivity index (χ3n) is 1.46. The molecule has 0 amide bonds. The molecule has 72 valence electrons. The van der Waals surface area contributed by atoms with Gasteiger partial charge in [-0.15, -0.1) is 17.0 Å². The van der Waals surface area contributed by atoms with E-state index in [1.54, 1.807) is 17.2 Å². The fourth-order valence-electron chi connectivity index (χ4n) is 0.974. The van der Waals surface area contributed by atoms with Crippen molar-refractivity contribution in [1.29, 1.82) is 0 Å². The highest BCUT2D eigenvalue weighted by molar-refractivity contribution is 8.93. The van der Waals surface area contributed by atoms with E-state index in [2.05, 4.69) is 0 Å². The molecule has 1 unspecified atom stereocenters. The Hall–Kier alpha value is -0.830. The van der Waals surface area contributed by atoms with Crippen molar-refractivity contribution in [3.63, 3.8) is 0 Å². The predicted octanol–water partition coefficient (Wildman–Crippen LogP) is 1.66. The number of carbonyl (C=O) groups excluding carboxylic acids is 1. The fraction of sp³-hybridized carbons (Fsp3) is 0.333. The van der Waals surface area contributed by atoms with Gasteiger partial charge in [0.1, 0.15) is 12.0 Å². The minimum absolute atomic E-state index is 0. The van der Waals surface area contributed by atoms with Crippen LogP contribution in [0, 0.1) is 0 Å². The highest BCUT2D eigenvalue weighted by Gasteiger charge is 2.11. The number of rotatable bonds is 3. The van der Waals surface area contributed by atoms with Crippen LogP contribution < -0.4 is 0 Å². The van der Waals surface area contributed by atoms with Crippen molar-refractivity contribution in [2.75, 3.05) is 6.61 Å². The average molecular weight is 246 g/mol. The van der Waals surface area contributed by atoms with Crippen molar-refractivity contribution in [2.24, 2.45) is 0 Å². The molecule has 4 heteroatoms. The lowest BCUT2D eigenvalue weighted by Crippen LogP contribution is -2.29. The van der Waals surface area contributed by atoms with Crippen LogP contribution in [0.5, 0.6) is 0 Å². The minimum Gasteiger partial charge on any atom is -0.273 e. The van der Waals surface area contributed by atoms with Crippen LogP contribution in [0.15, 0.2) is 30.5 Å². The maximum Gasteiger partial charge on any atom is 0.122 e. The molecule has 0 fully saturated rings. The van der Waals surface area contributed by atoms with Gasteiger partial charge < -0.3 is 0 Å². The average Bonchev–Trinajstić information content (AvgIpc) is 2.09. The van der Waals surface area contributed by atoms with Gasteiger partial charge in [-0.25, -0.2) is 9.86 Å². The van der Waals surface area contributed by atoms with Crippen molar-refractivity contribution in [2.45, 2.75) is 13.0 Å². The predicted molar refractivity (Wildman–Crippen MR) is 56.1 cm³/mol. The molecule has 13 heavy (non-hydrogen) atoms. The Balaban J connectivity index is 0.00000144. The van der Waals surface area contributed by atoms with Crippen LogP contribution in [0.4, 0.5) is 0 Å². The summed E-state index contributed by atoms with van der Waals surface area (Å²) in [6, 6.07) is -0.118. The third kappa shape index (κ3) is 3.59. The lowest BCUT2D eigenvalue weighted by Gasteiger charge is -2.25. The van der Waals surface area contributed by atoms with Gasteiger partial charge in [0, 0.05) is 12.3 Å². The Morgan fingerprint density at radius 3 is 3.00 bits per heavy atom. The van der Waals surface area contributed by atoms with E-state index in [0.717, 1.165) is 0 Å². The van der Waals surface area contributed by atoms with Crippen molar-refractivity contribution in [3.8, 4) is 0 Å². The number of hydrogen-bond donors (Lipinski definition) is 0. The minimum atomic E-state index is -0.118. The molecule has 0 saturated carbocycles. The van der Waals surface area contributed by atoms with E-state index >= 15 is 0 Å². The van der Waals surface area contributed by atoms with Gasteiger partial charge in [-0.2, -0.15) is 0 Å². The molecule has 0 saturated heterocycles. The molecule has 3 nitrogen and oxygen atoms in total. The molecule has 0 aliphatic carbocycles. The lowest BCUT2D eigenvalue weighted by molar-refractivity contribution is -0.124. The Labute approximate surface area is 88.1 Å². The molecule has 1 atom stereocenters. The zero-order valence-corrected chi connectivity index (χ0v) is 9.06. The summed E-state index contributed by atoms with van der Waals surface area (Å²) in [4.78, 5) is 15.3. The smallest absolute Gasteiger partial charge is 0.122 e. The van der Waals surface area contributed by atoms with E-state index in [9.17, 15) is 4.79 Å². The molecule has 0 spiro atoms. The quantitative estimate of drug-likeness (QED) is 0.709. The fourth-order valence-corrected chi connectivity index (χ4v) is 0.974. The maximum absolute atomic E-state index is 10.1. The van der Waals surface area contributed by atoms with E-state index in [0.29, 0.717) is 6.61 Å². The summed E-state index contributed by atoms with van der Waals surface area (Å²) in [7, 11) is 0. The van der Waals surface area contributed by atoms with Crippen molar-refractivity contribution >= 4 is 22.9 Å². The summed E-state index contributed by atoms with van der Waals surface area (Å²) in [5.41, 5.74) is 0. The van der Waals surface area contributed by atoms with Crippen LogP contribution in [-0.2, 0) is 9.63 Å². The Bertz CT molecular complexity index is 244. The molecular formula is C9H12BrNO2. The Morgan fingerprint density at radius 1 is 1.62 bits per heavy atom. The summed E-state index contributed by atoms with van der Waals surface area (Å²) in [6.45, 7) is 2.48. The molecule has 0 aromatic carbocycles. The van der Waals surface area contributed by atoms with E-state index in [1.807, 2.05) is 25.2 Å². The highest BCUT2D eigenvalue weighted by atomic mass is 79.9. The zero-order valence-electron chi connectivity index (χ0n) is 7.34. The summed E-state index contributed by atoms with van der Waals surface area (Å²) < 4.78 is 0. The van der Waals surface area contributed by atoms with Gasteiger partial charge >= 0.3 is 0 Å². The molecule has 1 heterocycles. The second-order valence-corrected chi connectivity index (χ2v) is 2.28. The van der Waals surface area contributed by atoms with Gasteiger partial charge in [0.25, 0.3) is 0 Å². The molecule has 0 aromatic heterocycles. The summed E-state index contributed by atoms with van der Waals surface area (Å²) in [6.07, 6.45) is 8.77. The Kier molecular flexibility index (Phi) is 6.24. The first-order chi connectivity index (χ1) is 5.88. The van der Waals surface area contributed by atoms with Crippen molar-refractivity contribution < 1.29 is 9.63 Å². The van der Waals surface area contributed by atoms with E-state index in [-0.39, 0.29) is 23.0 Å². The van der Waals surface area contributed by atoms with Gasteiger partial charge in [-0.1, -0.05) is 12.2 Å². The molecule has 0 N–H and O–H groups in total. The second kappa shape index (κ2) is 6.66. The van der Waals surface area contributed by atoms with Crippen LogP contribution in [-0.4, -0.2) is 23.7 Å². The van der Waals surface area contributed by atoms with Crippen molar-refractivity contribution in [3.05, 3.63) is 30.5 Å². The Morgan fingerprint density at radius 2 is 2.38 bits per heavy atom. The zero-order chi connectivity index (χ0) is 8.81. The van der Waals surface area contributed by atoms with Gasteiger partial charge in [-0.3, -0.25) is 4.84 Å². The molecule has 1 aliphatic heterocycles. The van der Waals surface area contributed by atoms with Gasteiger partial charge in [0.05, 0.1) is 6.61 Å². The van der Waals surface area contributed by atoms with Gasteiger partial charge in [-0.05, 0) is 13.0 Å². The monoisotopic (exact) mass is 245 g/mol. The van der Waals surface area contributed by atoms with Crippen LogP contribution in [0.1, 0.15) is 6.92 Å². The number of hydroxylamine groups is 2. The molecule has 1 rings (SSSR count). The number of nitrogens with zero attached hydrogens (tertiary/aromatic N) is 1. The van der Waals surface area contributed by atoms with E-state index < -0.39 is 0 Å². The second-order valence-electron chi connectivity index (χ2n) is 2.28. The van der Waals surface area contributed by atoms with Crippen LogP contribution in [0.2, 0.25) is 0 Å². The molecule has 0 radical (unpaired) electrons. The summed E-state index contributed by atoms with van der Waals surface area (Å²) in [5.74, 6) is 1.74. The molecule has 0 bridgehead atoms. The van der Waals surface area contributed by atoms with Crippen LogP contribution in [0.3, 0.4) is 0 Å². The van der Waals surface area contributed by atoms with E-state index in [1.165, 1.54) is 6.08 Å². The third-order valence-corrected chi connectivity index (χ3v) is 1.46. The van der Waals surface area contributed by atoms with E-state index in [4.69, 9.17) is 4.84 Å². The SMILES string of the molecule is Br.CCON1C=CC=CC1C=C=O. The molecular weight excluding hydrogens is 234 g/mol. The van der Waals surface area contributed by atoms with Crippen LogP contribution >= 0.6 is 17.0 Å². The first-order valence-corrected chi connectivity index (χ1v) is 3.85. The van der Waals surface area contributed by atoms with Gasteiger partial charge in [0.15, 0.2) is 0 Å². The first-order valence-electron chi connectivity index (χ1n) is 3.85. The van der Waals surface area contributed by atoms with Gasteiger partial charge in [0.2, 0.25) is 0 Å². The number of halogens is 1. The standard InChI is InChI=1S/C9H11NO2.BrH/c1-2-12-10-7-4-3-5-9(10)6-8-11;/h3-7,9H,2H2,1H3;1H. The normalized spacial score (nSPS) is 19.2. The number of hydrogen-bond acceptors (Lipinski definition) is 3. The first kappa shape index (κ1) is 12.2. The summed E-state index contributed by atoms with van der Waals surface area (Å²) in [5, 5.41) is 1.62. The van der Waals surface area contributed by atoms with Crippen molar-refractivity contribution in [1.82, 2.24) is 5.06 Å². The largest absolute Gasteiger partial charge is 0.273 e. The topological polar surface area (TPSA) is 29.5 Å². The summed E-state index contributed by atoms with van der Waals surface area (Å²) >= 11 is 0. The molecule has 1 aliphatic rings. The highest BCUT2D eigenvalue weighted by Crippen LogP contribution is 2.08. The molecule has 0 aromatic rings. The number of allylic oxidation sites excluding steroid dienone is 2. The van der Waals surface area contributed by atoms with Crippen LogP contribution in [0.25, 0.3) is 0 Å².